The van der Waals surface area contributed by atoms with Gasteiger partial charge in [0.25, 0.3) is 5.92 Å². The minimum absolute atomic E-state index is 0.0118. The van der Waals surface area contributed by atoms with E-state index in [0.717, 1.165) is 0 Å². The third-order valence-corrected chi connectivity index (χ3v) is 3.44. The fraction of sp³-hybridized carbons (Fsp3) is 0.636. The molecule has 1 aliphatic carbocycles. The maximum atomic E-state index is 13.0. The third kappa shape index (κ3) is 1.62. The molecule has 2 heterocycles. The molecule has 1 amide bonds. The molecule has 17 heavy (non-hydrogen) atoms. The van der Waals surface area contributed by atoms with E-state index >= 15 is 0 Å². The second kappa shape index (κ2) is 3.27. The molecule has 0 N–H and O–H groups in total. The Bertz CT molecular complexity index is 483. The predicted octanol–water partition coefficient (Wildman–Crippen LogP) is 1.76. The lowest BCUT2D eigenvalue weighted by Crippen LogP contribution is -2.25. The Morgan fingerprint density at radius 2 is 2.24 bits per heavy atom. The van der Waals surface area contributed by atoms with E-state index in [1.807, 2.05) is 0 Å². The van der Waals surface area contributed by atoms with Crippen molar-refractivity contribution in [2.75, 3.05) is 11.9 Å². The van der Waals surface area contributed by atoms with Gasteiger partial charge in [0.05, 0.1) is 11.6 Å². The average Bonchev–Trinajstić information content (AvgIpc) is 2.75. The summed E-state index contributed by atoms with van der Waals surface area (Å²) in [5, 5.41) is 4.20. The van der Waals surface area contributed by atoms with Crippen LogP contribution in [0.1, 0.15) is 30.9 Å². The molecule has 3 rings (SSSR count). The fourth-order valence-corrected chi connectivity index (χ4v) is 2.24. The zero-order chi connectivity index (χ0) is 12.2. The Hall–Kier alpha value is -1.46. The van der Waals surface area contributed by atoms with Gasteiger partial charge in [-0.2, -0.15) is 5.10 Å². The minimum Gasteiger partial charge on any atom is -0.300 e. The van der Waals surface area contributed by atoms with Crippen molar-refractivity contribution in [3.63, 3.8) is 0 Å². The molecule has 1 saturated carbocycles. The monoisotopic (exact) mass is 241 g/mol. The van der Waals surface area contributed by atoms with Gasteiger partial charge in [-0.05, 0) is 6.42 Å². The highest BCUT2D eigenvalue weighted by atomic mass is 19.3. The van der Waals surface area contributed by atoms with Gasteiger partial charge in [0, 0.05) is 32.5 Å². The first-order valence-corrected chi connectivity index (χ1v) is 5.71. The molecule has 6 heteroatoms. The first kappa shape index (κ1) is 10.7. The zero-order valence-electron chi connectivity index (χ0n) is 9.49. The number of carbonyl (C=O) groups is 1. The summed E-state index contributed by atoms with van der Waals surface area (Å²) < 4.78 is 27.6. The first-order chi connectivity index (χ1) is 7.99. The van der Waals surface area contributed by atoms with Crippen LogP contribution >= 0.6 is 0 Å². The molecule has 0 radical (unpaired) electrons. The van der Waals surface area contributed by atoms with Crippen LogP contribution in [-0.2, 0) is 11.3 Å². The molecule has 0 aromatic carbocycles. The molecule has 0 bridgehead atoms. The van der Waals surface area contributed by atoms with E-state index in [4.69, 9.17) is 0 Å². The van der Waals surface area contributed by atoms with Crippen molar-refractivity contribution < 1.29 is 13.6 Å². The quantitative estimate of drug-likeness (QED) is 0.751. The van der Waals surface area contributed by atoms with Crippen molar-refractivity contribution in [3.8, 4) is 0 Å². The Labute approximate surface area is 97.2 Å². The van der Waals surface area contributed by atoms with E-state index in [1.165, 1.54) is 4.90 Å². The Morgan fingerprint density at radius 1 is 1.53 bits per heavy atom. The number of rotatable bonds is 1. The number of anilines is 1. The fourth-order valence-electron chi connectivity index (χ4n) is 2.24. The highest BCUT2D eigenvalue weighted by Gasteiger charge is 2.59. The van der Waals surface area contributed by atoms with Crippen molar-refractivity contribution >= 4 is 11.7 Å². The zero-order valence-corrected chi connectivity index (χ0v) is 9.49. The van der Waals surface area contributed by atoms with Gasteiger partial charge in [0.1, 0.15) is 5.82 Å². The second-order valence-corrected chi connectivity index (χ2v) is 4.72. The lowest BCUT2D eigenvalue weighted by Gasteiger charge is -2.13. The van der Waals surface area contributed by atoms with Gasteiger partial charge in [-0.1, -0.05) is 0 Å². The van der Waals surface area contributed by atoms with Gasteiger partial charge in [0.15, 0.2) is 0 Å². The van der Waals surface area contributed by atoms with E-state index in [-0.39, 0.29) is 12.3 Å². The summed E-state index contributed by atoms with van der Waals surface area (Å²) in [4.78, 5) is 13.1. The van der Waals surface area contributed by atoms with Gasteiger partial charge in [0.2, 0.25) is 5.91 Å². The maximum Gasteiger partial charge on any atom is 0.257 e. The van der Waals surface area contributed by atoms with Gasteiger partial charge in [-0.15, -0.1) is 0 Å². The first-order valence-electron chi connectivity index (χ1n) is 5.71. The van der Waals surface area contributed by atoms with Gasteiger partial charge >= 0.3 is 0 Å². The summed E-state index contributed by atoms with van der Waals surface area (Å²) in [7, 11) is 1.66. The number of nitrogens with zero attached hydrogens (tertiary/aromatic N) is 3. The van der Waals surface area contributed by atoms with Crippen LogP contribution in [0.3, 0.4) is 0 Å². The number of hydrogen-bond donors (Lipinski definition) is 0. The summed E-state index contributed by atoms with van der Waals surface area (Å²) in [6.07, 6.45) is 1.06. The van der Waals surface area contributed by atoms with E-state index in [9.17, 15) is 13.6 Å². The molecule has 0 saturated heterocycles. The number of halogens is 2. The van der Waals surface area contributed by atoms with Crippen LogP contribution in [0, 0.1) is 0 Å². The molecule has 4 nitrogen and oxygen atoms in total. The molecule has 1 aromatic rings. The average molecular weight is 241 g/mol. The molecule has 1 aromatic heterocycles. The number of aryl methyl sites for hydroxylation is 1. The molecule has 0 spiro atoms. The number of fused-ring (bicyclic) bond motifs is 1. The van der Waals surface area contributed by atoms with Gasteiger partial charge < -0.3 is 4.90 Å². The summed E-state index contributed by atoms with van der Waals surface area (Å²) in [5.74, 6) is -2.73. The predicted molar refractivity (Wildman–Crippen MR) is 57.2 cm³/mol. The molecule has 1 fully saturated rings. The molecule has 0 unspecified atom stereocenters. The lowest BCUT2D eigenvalue weighted by molar-refractivity contribution is -0.118. The third-order valence-electron chi connectivity index (χ3n) is 3.44. The van der Waals surface area contributed by atoms with Crippen molar-refractivity contribution in [2.24, 2.45) is 0 Å². The molecule has 1 aliphatic heterocycles. The summed E-state index contributed by atoms with van der Waals surface area (Å²) in [6.45, 7) is 0.615. The molecule has 2 aliphatic rings. The van der Waals surface area contributed by atoms with Crippen LogP contribution in [-0.4, -0.2) is 28.7 Å². The number of alkyl halides is 2. The van der Waals surface area contributed by atoms with Crippen LogP contribution in [0.15, 0.2) is 6.07 Å². The SMILES string of the molecule is CN1C(=O)CCCn2nc([C@H]3CC3(F)F)cc21. The van der Waals surface area contributed by atoms with E-state index in [2.05, 4.69) is 5.10 Å². The maximum absolute atomic E-state index is 13.0. The lowest BCUT2D eigenvalue weighted by atomic mass is 10.3. The van der Waals surface area contributed by atoms with E-state index < -0.39 is 11.8 Å². The van der Waals surface area contributed by atoms with Crippen molar-refractivity contribution in [3.05, 3.63) is 11.8 Å². The Morgan fingerprint density at radius 3 is 2.88 bits per heavy atom. The number of carbonyl (C=O) groups excluding carboxylic acids is 1. The van der Waals surface area contributed by atoms with Gasteiger partial charge in [-0.3, -0.25) is 4.79 Å². The number of aromatic nitrogens is 2. The van der Waals surface area contributed by atoms with E-state index in [0.29, 0.717) is 30.9 Å². The largest absolute Gasteiger partial charge is 0.300 e. The standard InChI is InChI=1S/C11H13F2N3O/c1-15-9-5-8(7-6-11(7,12)13)14-16(9)4-2-3-10(15)17/h5,7H,2-4,6H2,1H3/t7-/m1/s1. The second-order valence-electron chi connectivity index (χ2n) is 4.72. The molecule has 92 valence electrons. The van der Waals surface area contributed by atoms with Crippen LogP contribution in [0.25, 0.3) is 0 Å². The minimum atomic E-state index is -2.61. The summed E-state index contributed by atoms with van der Waals surface area (Å²) in [5.41, 5.74) is 0.409. The number of amides is 1. The van der Waals surface area contributed by atoms with Crippen LogP contribution < -0.4 is 4.90 Å². The van der Waals surface area contributed by atoms with Crippen molar-refractivity contribution in [2.45, 2.75) is 37.6 Å². The highest BCUT2D eigenvalue weighted by molar-refractivity contribution is 5.92. The highest BCUT2D eigenvalue weighted by Crippen LogP contribution is 2.55. The normalized spacial score (nSPS) is 26.6. The van der Waals surface area contributed by atoms with Crippen molar-refractivity contribution in [1.82, 2.24) is 9.78 Å². The smallest absolute Gasteiger partial charge is 0.257 e. The summed E-state index contributed by atoms with van der Waals surface area (Å²) in [6, 6.07) is 1.62. The van der Waals surface area contributed by atoms with Crippen LogP contribution in [0.2, 0.25) is 0 Å². The van der Waals surface area contributed by atoms with Crippen LogP contribution in [0.4, 0.5) is 14.6 Å². The Balaban J connectivity index is 1.95. The molecule has 1 atom stereocenters. The van der Waals surface area contributed by atoms with Gasteiger partial charge in [-0.25, -0.2) is 13.5 Å². The van der Waals surface area contributed by atoms with Crippen LogP contribution in [0.5, 0.6) is 0 Å². The van der Waals surface area contributed by atoms with Crippen molar-refractivity contribution in [1.29, 1.82) is 0 Å². The number of hydrogen-bond acceptors (Lipinski definition) is 2. The molecular weight excluding hydrogens is 228 g/mol. The van der Waals surface area contributed by atoms with E-state index in [1.54, 1.807) is 17.8 Å². The topological polar surface area (TPSA) is 38.1 Å². The Kier molecular flexibility index (Phi) is 2.06. The molecular formula is C11H13F2N3O. The summed E-state index contributed by atoms with van der Waals surface area (Å²) >= 11 is 0.